The quantitative estimate of drug-likeness (QED) is 0.856. The molecule has 6 heteroatoms. The molecular weight excluding hydrogens is 274 g/mol. The van der Waals surface area contributed by atoms with Crippen molar-refractivity contribution in [3.05, 3.63) is 39.4 Å². The van der Waals surface area contributed by atoms with E-state index in [4.69, 9.17) is 12.2 Å². The zero-order valence-corrected chi connectivity index (χ0v) is 11.8. The summed E-state index contributed by atoms with van der Waals surface area (Å²) in [5.74, 6) is -0.0422. The Morgan fingerprint density at radius 3 is 2.70 bits per heavy atom. The van der Waals surface area contributed by atoms with Crippen LogP contribution in [0.1, 0.15) is 12.8 Å². The summed E-state index contributed by atoms with van der Waals surface area (Å²) in [4.78, 5) is 29.4. The van der Waals surface area contributed by atoms with Crippen molar-refractivity contribution in [2.75, 3.05) is 13.1 Å². The lowest BCUT2D eigenvalue weighted by molar-refractivity contribution is -0.130. The molecule has 0 bridgehead atoms. The lowest BCUT2D eigenvalue weighted by Gasteiger charge is -2.16. The molecule has 1 N–H and O–H groups in total. The van der Waals surface area contributed by atoms with Gasteiger partial charge in [0.05, 0.1) is 10.9 Å². The Morgan fingerprint density at radius 2 is 1.95 bits per heavy atom. The number of nitrogens with one attached hydrogen (secondary N) is 1. The smallest absolute Gasteiger partial charge is 0.262 e. The van der Waals surface area contributed by atoms with Gasteiger partial charge in [-0.05, 0) is 37.2 Å². The minimum absolute atomic E-state index is 0.0129. The predicted molar refractivity (Wildman–Crippen MR) is 79.2 cm³/mol. The van der Waals surface area contributed by atoms with E-state index in [0.717, 1.165) is 25.9 Å². The second-order valence-electron chi connectivity index (χ2n) is 4.95. The molecule has 0 unspecified atom stereocenters. The van der Waals surface area contributed by atoms with E-state index >= 15 is 0 Å². The van der Waals surface area contributed by atoms with E-state index in [-0.39, 0.29) is 18.0 Å². The molecule has 1 saturated heterocycles. The number of para-hydroxylation sites is 1. The van der Waals surface area contributed by atoms with Gasteiger partial charge >= 0.3 is 0 Å². The first-order valence-corrected chi connectivity index (χ1v) is 7.07. The Labute approximate surface area is 120 Å². The molecule has 2 aromatic rings. The molecule has 1 amide bonds. The Bertz CT molecular complexity index is 772. The van der Waals surface area contributed by atoms with Gasteiger partial charge in [0, 0.05) is 13.1 Å². The minimum atomic E-state index is -0.211. The van der Waals surface area contributed by atoms with Crippen molar-refractivity contribution in [3.8, 4) is 0 Å². The van der Waals surface area contributed by atoms with E-state index in [9.17, 15) is 9.59 Å². The maximum absolute atomic E-state index is 12.4. The molecule has 20 heavy (non-hydrogen) atoms. The summed E-state index contributed by atoms with van der Waals surface area (Å²) in [6, 6.07) is 7.18. The first-order valence-electron chi connectivity index (χ1n) is 6.66. The van der Waals surface area contributed by atoms with E-state index in [1.54, 1.807) is 23.1 Å². The fourth-order valence-electron chi connectivity index (χ4n) is 2.54. The second kappa shape index (κ2) is 5.20. The van der Waals surface area contributed by atoms with Crippen molar-refractivity contribution < 1.29 is 4.79 Å². The van der Waals surface area contributed by atoms with Gasteiger partial charge in [-0.3, -0.25) is 14.2 Å². The van der Waals surface area contributed by atoms with Crippen LogP contribution in [0.15, 0.2) is 29.1 Å². The van der Waals surface area contributed by atoms with Crippen LogP contribution in [0.4, 0.5) is 0 Å². The maximum Gasteiger partial charge on any atom is 0.262 e. The molecule has 2 heterocycles. The van der Waals surface area contributed by atoms with Gasteiger partial charge in [0.1, 0.15) is 6.54 Å². The first kappa shape index (κ1) is 13.1. The molecule has 0 spiro atoms. The number of H-pyrrole nitrogens is 1. The van der Waals surface area contributed by atoms with Crippen LogP contribution in [0, 0.1) is 4.77 Å². The Hall–Kier alpha value is -1.95. The highest BCUT2D eigenvalue weighted by Crippen LogP contribution is 2.09. The minimum Gasteiger partial charge on any atom is -0.341 e. The summed E-state index contributed by atoms with van der Waals surface area (Å²) >= 11 is 5.20. The van der Waals surface area contributed by atoms with E-state index in [0.29, 0.717) is 15.7 Å². The van der Waals surface area contributed by atoms with Crippen molar-refractivity contribution in [3.63, 3.8) is 0 Å². The number of carbonyl (C=O) groups excluding carboxylic acids is 1. The molecular formula is C14H15N3O2S. The van der Waals surface area contributed by atoms with Crippen LogP contribution >= 0.6 is 12.2 Å². The van der Waals surface area contributed by atoms with Crippen LogP contribution in [-0.2, 0) is 11.3 Å². The van der Waals surface area contributed by atoms with Gasteiger partial charge in [0.2, 0.25) is 5.91 Å². The number of nitrogens with zero attached hydrogens (tertiary/aromatic N) is 2. The largest absolute Gasteiger partial charge is 0.341 e. The molecule has 0 saturated carbocycles. The first-order chi connectivity index (χ1) is 9.66. The fourth-order valence-corrected chi connectivity index (χ4v) is 2.80. The Morgan fingerprint density at radius 1 is 1.25 bits per heavy atom. The summed E-state index contributed by atoms with van der Waals surface area (Å²) in [7, 11) is 0. The Balaban J connectivity index is 2.01. The summed E-state index contributed by atoms with van der Waals surface area (Å²) in [5.41, 5.74) is 0.490. The number of aromatic nitrogens is 2. The number of hydrogen-bond acceptors (Lipinski definition) is 3. The van der Waals surface area contributed by atoms with E-state index < -0.39 is 0 Å². The van der Waals surface area contributed by atoms with Gasteiger partial charge in [-0.15, -0.1) is 0 Å². The zero-order chi connectivity index (χ0) is 14.1. The molecule has 0 atom stereocenters. The average Bonchev–Trinajstić information content (AvgIpc) is 2.97. The standard InChI is InChI=1S/C14H15N3O2S/c18-12(16-7-3-4-8-16)9-17-13(19)10-5-1-2-6-11(10)15-14(17)20/h1-2,5-6H,3-4,7-9H2,(H,15,20). The van der Waals surface area contributed by atoms with Gasteiger partial charge in [-0.2, -0.15) is 0 Å². The molecule has 0 aliphatic carbocycles. The summed E-state index contributed by atoms with van der Waals surface area (Å²) < 4.78 is 1.64. The number of hydrogen-bond donors (Lipinski definition) is 1. The normalized spacial score (nSPS) is 14.9. The van der Waals surface area contributed by atoms with Gasteiger partial charge in [0.15, 0.2) is 4.77 Å². The van der Waals surface area contributed by atoms with Crippen molar-refractivity contribution in [1.29, 1.82) is 0 Å². The van der Waals surface area contributed by atoms with Gasteiger partial charge in [-0.1, -0.05) is 12.1 Å². The predicted octanol–water partition coefficient (Wildman–Crippen LogP) is 1.68. The summed E-state index contributed by atoms with van der Waals surface area (Å²) in [6.07, 6.45) is 2.07. The number of rotatable bonds is 2. The topological polar surface area (TPSA) is 58.1 Å². The highest BCUT2D eigenvalue weighted by atomic mass is 32.1. The van der Waals surface area contributed by atoms with Crippen LogP contribution in [0.25, 0.3) is 10.9 Å². The molecule has 1 aliphatic rings. The monoisotopic (exact) mass is 289 g/mol. The summed E-state index contributed by atoms with van der Waals surface area (Å²) in [5, 5.41) is 0.551. The molecule has 104 valence electrons. The van der Waals surface area contributed by atoms with E-state index in [1.807, 2.05) is 6.07 Å². The van der Waals surface area contributed by atoms with Crippen LogP contribution in [0.2, 0.25) is 0 Å². The van der Waals surface area contributed by atoms with Crippen molar-refractivity contribution in [2.24, 2.45) is 0 Å². The number of carbonyl (C=O) groups is 1. The zero-order valence-electron chi connectivity index (χ0n) is 11.0. The highest BCUT2D eigenvalue weighted by Gasteiger charge is 2.19. The third-order valence-electron chi connectivity index (χ3n) is 3.64. The summed E-state index contributed by atoms with van der Waals surface area (Å²) in [6.45, 7) is 1.56. The van der Waals surface area contributed by atoms with E-state index in [1.165, 1.54) is 4.57 Å². The molecule has 1 aromatic heterocycles. The van der Waals surface area contributed by atoms with Crippen molar-refractivity contribution >= 4 is 29.0 Å². The van der Waals surface area contributed by atoms with Crippen LogP contribution in [0.3, 0.4) is 0 Å². The average molecular weight is 289 g/mol. The van der Waals surface area contributed by atoms with Crippen LogP contribution < -0.4 is 5.56 Å². The van der Waals surface area contributed by atoms with Crippen LogP contribution in [0.5, 0.6) is 0 Å². The van der Waals surface area contributed by atoms with Gasteiger partial charge in [0.25, 0.3) is 5.56 Å². The molecule has 0 radical (unpaired) electrons. The van der Waals surface area contributed by atoms with E-state index in [2.05, 4.69) is 4.98 Å². The third-order valence-corrected chi connectivity index (χ3v) is 3.96. The molecule has 3 rings (SSSR count). The number of amides is 1. The van der Waals surface area contributed by atoms with Crippen molar-refractivity contribution in [1.82, 2.24) is 14.5 Å². The lowest BCUT2D eigenvalue weighted by atomic mass is 10.2. The number of benzene rings is 1. The molecule has 1 aromatic carbocycles. The SMILES string of the molecule is O=C(Cn1c(=S)[nH]c2ccccc2c1=O)N1CCCC1. The van der Waals surface area contributed by atoms with Gasteiger partial charge in [-0.25, -0.2) is 0 Å². The highest BCUT2D eigenvalue weighted by molar-refractivity contribution is 7.71. The number of fused-ring (bicyclic) bond motifs is 1. The maximum atomic E-state index is 12.4. The molecule has 1 aliphatic heterocycles. The number of likely N-dealkylation sites (tertiary alicyclic amines) is 1. The third kappa shape index (κ3) is 2.27. The fraction of sp³-hybridized carbons (Fsp3) is 0.357. The van der Waals surface area contributed by atoms with Gasteiger partial charge < -0.3 is 9.88 Å². The number of aromatic amines is 1. The lowest BCUT2D eigenvalue weighted by Crippen LogP contribution is -2.35. The van der Waals surface area contributed by atoms with Crippen LogP contribution in [-0.4, -0.2) is 33.4 Å². The van der Waals surface area contributed by atoms with Crippen molar-refractivity contribution in [2.45, 2.75) is 19.4 Å². The Kier molecular flexibility index (Phi) is 3.40. The second-order valence-corrected chi connectivity index (χ2v) is 5.34. The molecule has 5 nitrogen and oxygen atoms in total. The molecule has 1 fully saturated rings.